The lowest BCUT2D eigenvalue weighted by Crippen LogP contribution is -2.23. The van der Waals surface area contributed by atoms with E-state index in [1.807, 2.05) is 0 Å². The van der Waals surface area contributed by atoms with Gasteiger partial charge in [-0.1, -0.05) is 30.9 Å². The maximum absolute atomic E-state index is 5.83. The molecule has 3 N–H and O–H groups in total. The molecule has 0 bridgehead atoms. The molecule has 1 saturated carbocycles. The van der Waals surface area contributed by atoms with E-state index < -0.39 is 0 Å². The number of nitrogens with zero attached hydrogens (tertiary/aromatic N) is 1. The first-order valence-electron chi connectivity index (χ1n) is 5.43. The van der Waals surface area contributed by atoms with Crippen LogP contribution in [0.4, 0.5) is 11.5 Å². The van der Waals surface area contributed by atoms with Gasteiger partial charge in [-0.3, -0.25) is 0 Å². The molecule has 1 aromatic heterocycles. The second-order valence-corrected chi connectivity index (χ2v) is 4.51. The quantitative estimate of drug-likeness (QED) is 0.814. The van der Waals surface area contributed by atoms with Gasteiger partial charge < -0.3 is 11.1 Å². The summed E-state index contributed by atoms with van der Waals surface area (Å²) >= 11 is 5.79. The first-order chi connectivity index (χ1) is 7.25. The number of hydrogen-bond donors (Lipinski definition) is 2. The van der Waals surface area contributed by atoms with E-state index in [2.05, 4.69) is 10.3 Å². The standard InChI is InChI=1S/C11H16ClN3/c12-8-6-10(13)11(14-7-8)15-9-4-2-1-3-5-9/h6-7,9H,1-5,13H2,(H,14,15). The first-order valence-corrected chi connectivity index (χ1v) is 5.81. The lowest BCUT2D eigenvalue weighted by atomic mass is 9.95. The normalized spacial score (nSPS) is 17.7. The Hall–Kier alpha value is -0.960. The zero-order valence-corrected chi connectivity index (χ0v) is 9.43. The molecule has 1 heterocycles. The number of aromatic nitrogens is 1. The Balaban J connectivity index is 2.03. The predicted octanol–water partition coefficient (Wildman–Crippen LogP) is 3.06. The number of anilines is 2. The van der Waals surface area contributed by atoms with Crippen LogP contribution in [-0.2, 0) is 0 Å². The molecular weight excluding hydrogens is 210 g/mol. The minimum atomic E-state index is 0.523. The molecule has 4 heteroatoms. The number of nitrogen functional groups attached to an aromatic ring is 1. The van der Waals surface area contributed by atoms with Gasteiger partial charge in [0.2, 0.25) is 0 Å². The van der Waals surface area contributed by atoms with Gasteiger partial charge in [-0.05, 0) is 18.9 Å². The van der Waals surface area contributed by atoms with Gasteiger partial charge in [0.15, 0.2) is 0 Å². The summed E-state index contributed by atoms with van der Waals surface area (Å²) in [6.07, 6.45) is 7.99. The number of nitrogens with one attached hydrogen (secondary N) is 1. The third kappa shape index (κ3) is 2.75. The molecule has 1 fully saturated rings. The molecule has 0 amide bonds. The first kappa shape index (κ1) is 10.6. The molecule has 0 unspecified atom stereocenters. The zero-order valence-electron chi connectivity index (χ0n) is 8.67. The Kier molecular flexibility index (Phi) is 3.31. The molecule has 1 aromatic rings. The van der Waals surface area contributed by atoms with Crippen LogP contribution in [0, 0.1) is 0 Å². The van der Waals surface area contributed by atoms with E-state index in [1.54, 1.807) is 12.3 Å². The molecule has 0 atom stereocenters. The van der Waals surface area contributed by atoms with Gasteiger partial charge in [-0.2, -0.15) is 0 Å². The Labute approximate surface area is 95.0 Å². The summed E-state index contributed by atoms with van der Waals surface area (Å²) in [5.41, 5.74) is 6.46. The third-order valence-electron chi connectivity index (χ3n) is 2.83. The van der Waals surface area contributed by atoms with Gasteiger partial charge in [0.1, 0.15) is 5.82 Å². The summed E-state index contributed by atoms with van der Waals surface area (Å²) in [7, 11) is 0. The largest absolute Gasteiger partial charge is 0.396 e. The molecule has 1 aliphatic carbocycles. The van der Waals surface area contributed by atoms with Crippen LogP contribution in [0.3, 0.4) is 0 Å². The summed E-state index contributed by atoms with van der Waals surface area (Å²) in [4.78, 5) is 4.20. The summed E-state index contributed by atoms with van der Waals surface area (Å²) in [5.74, 6) is 0.770. The Bertz CT molecular complexity index is 335. The Morgan fingerprint density at radius 3 is 2.73 bits per heavy atom. The molecule has 82 valence electrons. The van der Waals surface area contributed by atoms with Crippen molar-refractivity contribution < 1.29 is 0 Å². The lowest BCUT2D eigenvalue weighted by molar-refractivity contribution is 0.462. The van der Waals surface area contributed by atoms with E-state index in [4.69, 9.17) is 17.3 Å². The minimum absolute atomic E-state index is 0.523. The van der Waals surface area contributed by atoms with E-state index in [1.165, 1.54) is 32.1 Å². The second kappa shape index (κ2) is 4.71. The van der Waals surface area contributed by atoms with Crippen molar-refractivity contribution in [3.05, 3.63) is 17.3 Å². The van der Waals surface area contributed by atoms with E-state index in [-0.39, 0.29) is 0 Å². The summed E-state index contributed by atoms with van der Waals surface area (Å²) in [6, 6.07) is 2.26. The van der Waals surface area contributed by atoms with Crippen molar-refractivity contribution in [2.24, 2.45) is 0 Å². The van der Waals surface area contributed by atoms with E-state index >= 15 is 0 Å². The monoisotopic (exact) mass is 225 g/mol. The van der Waals surface area contributed by atoms with Crippen LogP contribution in [0.2, 0.25) is 5.02 Å². The maximum atomic E-state index is 5.83. The molecule has 0 aliphatic heterocycles. The fraction of sp³-hybridized carbons (Fsp3) is 0.545. The zero-order chi connectivity index (χ0) is 10.7. The topological polar surface area (TPSA) is 50.9 Å². The molecule has 0 radical (unpaired) electrons. The second-order valence-electron chi connectivity index (χ2n) is 4.07. The van der Waals surface area contributed by atoms with Crippen molar-refractivity contribution >= 4 is 23.1 Å². The third-order valence-corrected chi connectivity index (χ3v) is 3.04. The molecule has 0 spiro atoms. The van der Waals surface area contributed by atoms with Crippen LogP contribution >= 0.6 is 11.6 Å². The summed E-state index contributed by atoms with van der Waals surface area (Å²) in [6.45, 7) is 0. The van der Waals surface area contributed by atoms with Crippen molar-refractivity contribution in [3.63, 3.8) is 0 Å². The van der Waals surface area contributed by atoms with Crippen molar-refractivity contribution in [2.75, 3.05) is 11.1 Å². The van der Waals surface area contributed by atoms with Crippen LogP contribution in [0.15, 0.2) is 12.3 Å². The van der Waals surface area contributed by atoms with Gasteiger partial charge in [-0.15, -0.1) is 0 Å². The number of nitrogens with two attached hydrogens (primary N) is 1. The van der Waals surface area contributed by atoms with Crippen molar-refractivity contribution in [1.29, 1.82) is 0 Å². The molecule has 2 rings (SSSR count). The molecule has 0 saturated heterocycles. The number of hydrogen-bond acceptors (Lipinski definition) is 3. The minimum Gasteiger partial charge on any atom is -0.396 e. The van der Waals surface area contributed by atoms with Gasteiger partial charge >= 0.3 is 0 Å². The van der Waals surface area contributed by atoms with Gasteiger partial charge in [0.05, 0.1) is 10.7 Å². The smallest absolute Gasteiger partial charge is 0.149 e. The number of pyridine rings is 1. The summed E-state index contributed by atoms with van der Waals surface area (Å²) in [5, 5.41) is 3.97. The summed E-state index contributed by atoms with van der Waals surface area (Å²) < 4.78 is 0. The van der Waals surface area contributed by atoms with Gasteiger partial charge in [0, 0.05) is 12.2 Å². The van der Waals surface area contributed by atoms with Crippen LogP contribution in [0.5, 0.6) is 0 Å². The maximum Gasteiger partial charge on any atom is 0.149 e. The van der Waals surface area contributed by atoms with Crippen molar-refractivity contribution in [3.8, 4) is 0 Å². The highest BCUT2D eigenvalue weighted by Crippen LogP contribution is 2.24. The SMILES string of the molecule is Nc1cc(Cl)cnc1NC1CCCCC1. The Morgan fingerprint density at radius 1 is 1.33 bits per heavy atom. The number of rotatable bonds is 2. The molecular formula is C11H16ClN3. The fourth-order valence-corrected chi connectivity index (χ4v) is 2.18. The van der Waals surface area contributed by atoms with Crippen LogP contribution in [-0.4, -0.2) is 11.0 Å². The highest BCUT2D eigenvalue weighted by molar-refractivity contribution is 6.30. The highest BCUT2D eigenvalue weighted by atomic mass is 35.5. The van der Waals surface area contributed by atoms with E-state index in [0.717, 1.165) is 5.82 Å². The fourth-order valence-electron chi connectivity index (χ4n) is 2.02. The van der Waals surface area contributed by atoms with Gasteiger partial charge in [-0.25, -0.2) is 4.98 Å². The van der Waals surface area contributed by atoms with E-state index in [9.17, 15) is 0 Å². The van der Waals surface area contributed by atoms with Crippen LogP contribution < -0.4 is 11.1 Å². The van der Waals surface area contributed by atoms with Crippen molar-refractivity contribution in [2.45, 2.75) is 38.1 Å². The van der Waals surface area contributed by atoms with E-state index in [0.29, 0.717) is 16.8 Å². The molecule has 0 aromatic carbocycles. The molecule has 1 aliphatic rings. The highest BCUT2D eigenvalue weighted by Gasteiger charge is 2.14. The lowest BCUT2D eigenvalue weighted by Gasteiger charge is -2.23. The molecule has 3 nitrogen and oxygen atoms in total. The average molecular weight is 226 g/mol. The van der Waals surface area contributed by atoms with Crippen LogP contribution in [0.1, 0.15) is 32.1 Å². The molecule has 15 heavy (non-hydrogen) atoms. The predicted molar refractivity (Wildman–Crippen MR) is 64.2 cm³/mol. The number of halogens is 1. The van der Waals surface area contributed by atoms with Gasteiger partial charge in [0.25, 0.3) is 0 Å². The van der Waals surface area contributed by atoms with Crippen LogP contribution in [0.25, 0.3) is 0 Å². The van der Waals surface area contributed by atoms with Crippen molar-refractivity contribution in [1.82, 2.24) is 4.98 Å². The average Bonchev–Trinajstić information content (AvgIpc) is 2.24. The Morgan fingerprint density at radius 2 is 2.07 bits per heavy atom.